The average Bonchev–Trinajstić information content (AvgIpc) is 2.56. The fraction of sp³-hybridized carbons (Fsp3) is 0.455. The maximum absolute atomic E-state index is 6.08. The van der Waals surface area contributed by atoms with E-state index < -0.39 is 0 Å². The zero-order valence-electron chi connectivity index (χ0n) is 9.87. The van der Waals surface area contributed by atoms with Crippen LogP contribution >= 0.6 is 34.2 Å². The van der Waals surface area contributed by atoms with Crippen LogP contribution in [0.25, 0.3) is 11.0 Å². The van der Waals surface area contributed by atoms with Crippen LogP contribution in [0.2, 0.25) is 5.15 Å². The largest absolute Gasteiger partial charge is 0.377 e. The van der Waals surface area contributed by atoms with Crippen molar-refractivity contribution in [2.45, 2.75) is 26.0 Å². The van der Waals surface area contributed by atoms with Crippen molar-refractivity contribution in [1.82, 2.24) is 14.5 Å². The topological polar surface area (TPSA) is 39.9 Å². The molecule has 2 heterocycles. The van der Waals surface area contributed by atoms with Crippen LogP contribution in [0.1, 0.15) is 13.8 Å². The summed E-state index contributed by atoms with van der Waals surface area (Å²) in [6, 6.07) is 0. The van der Waals surface area contributed by atoms with Crippen molar-refractivity contribution < 1.29 is 4.74 Å². The molecular weight excluding hydrogens is 352 g/mol. The zero-order chi connectivity index (χ0) is 12.6. The SMILES string of the molecule is COC(C)(C)Cn1cc(I)c2c(Cl)ncnc21. The van der Waals surface area contributed by atoms with E-state index in [-0.39, 0.29) is 5.60 Å². The summed E-state index contributed by atoms with van der Waals surface area (Å²) in [7, 11) is 1.71. The first kappa shape index (κ1) is 13.0. The van der Waals surface area contributed by atoms with Crippen LogP contribution in [0.4, 0.5) is 0 Å². The Hall–Kier alpha value is -0.400. The summed E-state index contributed by atoms with van der Waals surface area (Å²) < 4.78 is 8.53. The molecule has 0 saturated carbocycles. The fourth-order valence-corrected chi connectivity index (χ4v) is 2.86. The highest BCUT2D eigenvalue weighted by molar-refractivity contribution is 14.1. The van der Waals surface area contributed by atoms with Gasteiger partial charge in [-0.1, -0.05) is 11.6 Å². The van der Waals surface area contributed by atoms with Gasteiger partial charge in [0, 0.05) is 16.9 Å². The number of hydrogen-bond acceptors (Lipinski definition) is 3. The van der Waals surface area contributed by atoms with Crippen molar-refractivity contribution in [3.63, 3.8) is 0 Å². The van der Waals surface area contributed by atoms with Crippen LogP contribution in [0.3, 0.4) is 0 Å². The van der Waals surface area contributed by atoms with E-state index in [0.29, 0.717) is 5.15 Å². The van der Waals surface area contributed by atoms with Crippen LogP contribution in [-0.4, -0.2) is 27.2 Å². The van der Waals surface area contributed by atoms with Crippen LogP contribution in [0.5, 0.6) is 0 Å². The van der Waals surface area contributed by atoms with Gasteiger partial charge in [-0.25, -0.2) is 9.97 Å². The molecule has 17 heavy (non-hydrogen) atoms. The minimum Gasteiger partial charge on any atom is -0.377 e. The van der Waals surface area contributed by atoms with Gasteiger partial charge in [-0.3, -0.25) is 0 Å². The van der Waals surface area contributed by atoms with E-state index in [1.807, 2.05) is 24.6 Å². The molecule has 4 nitrogen and oxygen atoms in total. The molecule has 0 atom stereocenters. The number of ether oxygens (including phenoxy) is 1. The third kappa shape index (κ3) is 2.56. The molecule has 0 bridgehead atoms. The van der Waals surface area contributed by atoms with Gasteiger partial charge < -0.3 is 9.30 Å². The van der Waals surface area contributed by atoms with Crippen LogP contribution in [-0.2, 0) is 11.3 Å². The second-order valence-corrected chi connectivity index (χ2v) is 5.95. The molecule has 0 unspecified atom stereocenters. The van der Waals surface area contributed by atoms with Gasteiger partial charge in [-0.15, -0.1) is 0 Å². The molecule has 0 aromatic carbocycles. The van der Waals surface area contributed by atoms with Gasteiger partial charge in [-0.2, -0.15) is 0 Å². The Labute approximate surface area is 118 Å². The van der Waals surface area contributed by atoms with Gasteiger partial charge in [0.15, 0.2) is 0 Å². The van der Waals surface area contributed by atoms with Crippen LogP contribution in [0.15, 0.2) is 12.5 Å². The Bertz CT molecular complexity index is 553. The highest BCUT2D eigenvalue weighted by atomic mass is 127. The lowest BCUT2D eigenvalue weighted by Gasteiger charge is -2.23. The number of hydrogen-bond donors (Lipinski definition) is 0. The van der Waals surface area contributed by atoms with Gasteiger partial charge in [-0.05, 0) is 36.4 Å². The number of aromatic nitrogens is 3. The lowest BCUT2D eigenvalue weighted by molar-refractivity contribution is 0.00900. The van der Waals surface area contributed by atoms with E-state index in [0.717, 1.165) is 21.1 Å². The molecule has 0 saturated heterocycles. The highest BCUT2D eigenvalue weighted by Gasteiger charge is 2.20. The molecule has 0 aliphatic carbocycles. The monoisotopic (exact) mass is 365 g/mol. The summed E-state index contributed by atoms with van der Waals surface area (Å²) in [5.41, 5.74) is 0.603. The molecule has 92 valence electrons. The number of methoxy groups -OCH3 is 1. The molecule has 6 heteroatoms. The van der Waals surface area contributed by atoms with Crippen molar-refractivity contribution in [3.8, 4) is 0 Å². The number of halogens is 2. The first-order valence-electron chi connectivity index (χ1n) is 5.14. The summed E-state index contributed by atoms with van der Waals surface area (Å²) in [5, 5.41) is 1.40. The first-order valence-corrected chi connectivity index (χ1v) is 6.60. The second-order valence-electron chi connectivity index (χ2n) is 4.43. The predicted octanol–water partition coefficient (Wildman–Crippen LogP) is 3.11. The normalized spacial score (nSPS) is 12.3. The molecule has 0 spiro atoms. The van der Waals surface area contributed by atoms with E-state index in [4.69, 9.17) is 16.3 Å². The summed E-state index contributed by atoms with van der Waals surface area (Å²) in [4.78, 5) is 8.29. The average molecular weight is 366 g/mol. The van der Waals surface area contributed by atoms with Gasteiger partial charge >= 0.3 is 0 Å². The predicted molar refractivity (Wildman–Crippen MR) is 76.3 cm³/mol. The molecule has 2 aromatic heterocycles. The second kappa shape index (κ2) is 4.70. The van der Waals surface area contributed by atoms with Crippen molar-refractivity contribution in [2.24, 2.45) is 0 Å². The van der Waals surface area contributed by atoms with Crippen molar-refractivity contribution in [1.29, 1.82) is 0 Å². The van der Waals surface area contributed by atoms with Gasteiger partial charge in [0.1, 0.15) is 17.1 Å². The van der Waals surface area contributed by atoms with Gasteiger partial charge in [0.2, 0.25) is 0 Å². The fourth-order valence-electron chi connectivity index (χ4n) is 1.64. The highest BCUT2D eigenvalue weighted by Crippen LogP contribution is 2.27. The Balaban J connectivity index is 2.53. The maximum Gasteiger partial charge on any atom is 0.146 e. The van der Waals surface area contributed by atoms with E-state index in [1.54, 1.807) is 7.11 Å². The Morgan fingerprint density at radius 2 is 2.18 bits per heavy atom. The van der Waals surface area contributed by atoms with Gasteiger partial charge in [0.05, 0.1) is 17.5 Å². The maximum atomic E-state index is 6.08. The Morgan fingerprint density at radius 1 is 1.47 bits per heavy atom. The first-order chi connectivity index (χ1) is 7.94. The molecule has 2 rings (SSSR count). The summed E-state index contributed by atoms with van der Waals surface area (Å²) in [6.45, 7) is 4.79. The molecule has 0 amide bonds. The third-order valence-electron chi connectivity index (χ3n) is 2.66. The molecule has 0 N–H and O–H groups in total. The lowest BCUT2D eigenvalue weighted by atomic mass is 10.1. The summed E-state index contributed by atoms with van der Waals surface area (Å²) >= 11 is 8.32. The van der Waals surface area contributed by atoms with E-state index in [9.17, 15) is 0 Å². The number of fused-ring (bicyclic) bond motifs is 1. The molecular formula is C11H13ClIN3O. The molecule has 0 radical (unpaired) electrons. The standard InChI is InChI=1S/C11H13ClIN3O/c1-11(2,17-3)5-16-4-7(13)8-9(12)14-6-15-10(8)16/h4,6H,5H2,1-3H3. The van der Waals surface area contributed by atoms with Crippen LogP contribution in [0, 0.1) is 3.57 Å². The van der Waals surface area contributed by atoms with Gasteiger partial charge in [0.25, 0.3) is 0 Å². The lowest BCUT2D eigenvalue weighted by Crippen LogP contribution is -2.28. The summed E-state index contributed by atoms with van der Waals surface area (Å²) in [5.74, 6) is 0. The van der Waals surface area contributed by atoms with Crippen LogP contribution < -0.4 is 0 Å². The van der Waals surface area contributed by atoms with Crippen molar-refractivity contribution in [3.05, 3.63) is 21.2 Å². The Morgan fingerprint density at radius 3 is 2.82 bits per heavy atom. The number of rotatable bonds is 3. The quantitative estimate of drug-likeness (QED) is 0.620. The van der Waals surface area contributed by atoms with Crippen molar-refractivity contribution >= 4 is 45.2 Å². The van der Waals surface area contributed by atoms with E-state index >= 15 is 0 Å². The number of nitrogens with zero attached hydrogens (tertiary/aromatic N) is 3. The molecule has 0 aliphatic rings. The molecule has 0 aliphatic heterocycles. The Kier molecular flexibility index (Phi) is 3.61. The van der Waals surface area contributed by atoms with Crippen molar-refractivity contribution in [2.75, 3.05) is 7.11 Å². The zero-order valence-corrected chi connectivity index (χ0v) is 12.8. The molecule has 2 aromatic rings. The minimum atomic E-state index is -0.244. The molecule has 0 fully saturated rings. The van der Waals surface area contributed by atoms with E-state index in [2.05, 4.69) is 32.6 Å². The smallest absolute Gasteiger partial charge is 0.146 e. The third-order valence-corrected chi connectivity index (χ3v) is 3.77. The minimum absolute atomic E-state index is 0.244. The summed E-state index contributed by atoms with van der Waals surface area (Å²) in [6.07, 6.45) is 3.50. The van der Waals surface area contributed by atoms with E-state index in [1.165, 1.54) is 6.33 Å².